The minimum absolute atomic E-state index is 0.0231. The lowest BCUT2D eigenvalue weighted by atomic mass is 10.5. The van der Waals surface area contributed by atoms with Crippen molar-refractivity contribution < 1.29 is 9.59 Å². The number of rotatable bonds is 4. The van der Waals surface area contributed by atoms with Crippen LogP contribution < -0.4 is 21.5 Å². The maximum absolute atomic E-state index is 11.3. The number of hydrogen-bond acceptors (Lipinski definition) is 6. The minimum atomic E-state index is -0.381. The highest BCUT2D eigenvalue weighted by atomic mass is 16.2. The number of carbonyl (C=O) groups excluding carboxylic acids is 2. The molecule has 0 unspecified atom stereocenters. The number of hydrogen-bond donors (Lipinski definition) is 4. The molecule has 4 N–H and O–H groups in total. The molecule has 0 saturated carbocycles. The second-order valence-electron chi connectivity index (χ2n) is 2.86. The molecule has 1 aliphatic rings. The molecule has 88 valence electrons. The van der Waals surface area contributed by atoms with Crippen molar-refractivity contribution in [2.24, 2.45) is 10.2 Å². The van der Waals surface area contributed by atoms with E-state index in [9.17, 15) is 9.59 Å². The number of hydrazone groups is 2. The van der Waals surface area contributed by atoms with Crippen molar-refractivity contribution in [3.63, 3.8) is 0 Å². The number of likely N-dealkylation sites (N-methyl/N-ethyl adjacent to an activating group) is 2. The van der Waals surface area contributed by atoms with Crippen LogP contribution >= 0.6 is 0 Å². The molecule has 0 aromatic rings. The van der Waals surface area contributed by atoms with Crippen LogP contribution in [0.1, 0.15) is 13.8 Å². The topological polar surface area (TPSA) is 107 Å². The number of nitrogens with one attached hydrogen (secondary N) is 4. The van der Waals surface area contributed by atoms with Crippen molar-refractivity contribution >= 4 is 23.5 Å². The molecule has 0 spiro atoms. The van der Waals surface area contributed by atoms with Crippen molar-refractivity contribution in [1.82, 2.24) is 21.5 Å². The standard InChI is InChI=1S/C8H14N6O2/c1-3-9-7(15)5-11-13-6(14-12-5)8(16)10-4-2/h3-4H2,1-2H3,(H,9,15)(H,10,16)(H,11,12)(H,13,14). The molecular formula is C8H14N6O2. The van der Waals surface area contributed by atoms with E-state index < -0.39 is 0 Å². The van der Waals surface area contributed by atoms with Crippen LogP contribution in [0.3, 0.4) is 0 Å². The number of amides is 2. The first-order valence-corrected chi connectivity index (χ1v) is 4.92. The van der Waals surface area contributed by atoms with Crippen molar-refractivity contribution in [3.05, 3.63) is 0 Å². The Kier molecular flexibility index (Phi) is 4.25. The van der Waals surface area contributed by atoms with E-state index in [0.29, 0.717) is 13.1 Å². The average Bonchev–Trinajstić information content (AvgIpc) is 2.30. The van der Waals surface area contributed by atoms with Crippen molar-refractivity contribution in [2.45, 2.75) is 13.8 Å². The zero-order valence-electron chi connectivity index (χ0n) is 9.13. The van der Waals surface area contributed by atoms with E-state index in [4.69, 9.17) is 0 Å². The summed E-state index contributed by atoms with van der Waals surface area (Å²) < 4.78 is 0. The highest BCUT2D eigenvalue weighted by molar-refractivity contribution is 6.42. The Hall–Kier alpha value is -2.12. The summed E-state index contributed by atoms with van der Waals surface area (Å²) >= 11 is 0. The van der Waals surface area contributed by atoms with Gasteiger partial charge in [-0.05, 0) is 13.8 Å². The van der Waals surface area contributed by atoms with E-state index in [-0.39, 0.29) is 23.5 Å². The molecule has 1 aliphatic heterocycles. The molecule has 0 aromatic carbocycles. The van der Waals surface area contributed by atoms with Gasteiger partial charge >= 0.3 is 0 Å². The third-order valence-corrected chi connectivity index (χ3v) is 1.65. The van der Waals surface area contributed by atoms with E-state index in [1.54, 1.807) is 13.8 Å². The first kappa shape index (κ1) is 12.0. The summed E-state index contributed by atoms with van der Waals surface area (Å²) in [5.74, 6) is -0.716. The van der Waals surface area contributed by atoms with E-state index in [2.05, 4.69) is 31.7 Å². The van der Waals surface area contributed by atoms with Crippen LogP contribution in [0.5, 0.6) is 0 Å². The predicted molar refractivity (Wildman–Crippen MR) is 58.5 cm³/mol. The Balaban J connectivity index is 2.52. The summed E-state index contributed by atoms with van der Waals surface area (Å²) in [5, 5.41) is 12.5. The van der Waals surface area contributed by atoms with Crippen LogP contribution in [-0.2, 0) is 9.59 Å². The molecular weight excluding hydrogens is 212 g/mol. The van der Waals surface area contributed by atoms with Crippen LogP contribution in [-0.4, -0.2) is 36.6 Å². The summed E-state index contributed by atoms with van der Waals surface area (Å²) in [4.78, 5) is 22.6. The second kappa shape index (κ2) is 5.69. The highest BCUT2D eigenvalue weighted by Crippen LogP contribution is 1.84. The lowest BCUT2D eigenvalue weighted by Crippen LogP contribution is -2.47. The maximum Gasteiger partial charge on any atom is 0.290 e. The Morgan fingerprint density at radius 1 is 1.00 bits per heavy atom. The molecule has 16 heavy (non-hydrogen) atoms. The number of amidine groups is 2. The largest absolute Gasteiger partial charge is 0.350 e. The highest BCUT2D eigenvalue weighted by Gasteiger charge is 2.18. The summed E-state index contributed by atoms with van der Waals surface area (Å²) in [5.41, 5.74) is 4.79. The molecule has 0 fully saturated rings. The molecule has 0 radical (unpaired) electrons. The lowest BCUT2D eigenvalue weighted by Gasteiger charge is -2.13. The van der Waals surface area contributed by atoms with Crippen molar-refractivity contribution in [1.29, 1.82) is 0 Å². The van der Waals surface area contributed by atoms with Gasteiger partial charge in [0.2, 0.25) is 11.7 Å². The van der Waals surface area contributed by atoms with E-state index in [1.807, 2.05) is 0 Å². The molecule has 0 aromatic heterocycles. The summed E-state index contributed by atoms with van der Waals surface area (Å²) in [6.07, 6.45) is 0. The molecule has 8 heteroatoms. The molecule has 0 saturated heterocycles. The third-order valence-electron chi connectivity index (χ3n) is 1.65. The molecule has 0 aliphatic carbocycles. The van der Waals surface area contributed by atoms with Crippen molar-refractivity contribution in [2.75, 3.05) is 13.1 Å². The SMILES string of the molecule is CCNC(=O)C1=NNC(C(=O)NCC)=NN1. The fraction of sp³-hybridized carbons (Fsp3) is 0.500. The predicted octanol–water partition coefficient (Wildman–Crippen LogP) is -1.92. The Morgan fingerprint density at radius 2 is 1.38 bits per heavy atom. The zero-order chi connectivity index (χ0) is 12.0. The molecule has 2 amide bonds. The molecule has 0 atom stereocenters. The van der Waals surface area contributed by atoms with Gasteiger partial charge in [0, 0.05) is 13.1 Å². The zero-order valence-corrected chi connectivity index (χ0v) is 9.13. The summed E-state index contributed by atoms with van der Waals surface area (Å²) in [6, 6.07) is 0. The molecule has 8 nitrogen and oxygen atoms in total. The van der Waals surface area contributed by atoms with Gasteiger partial charge in [-0.2, -0.15) is 0 Å². The van der Waals surface area contributed by atoms with Crippen LogP contribution in [0.4, 0.5) is 0 Å². The first-order valence-electron chi connectivity index (χ1n) is 4.92. The second-order valence-corrected chi connectivity index (χ2v) is 2.86. The molecule has 1 heterocycles. The third kappa shape index (κ3) is 2.94. The van der Waals surface area contributed by atoms with Gasteiger partial charge in [0.15, 0.2) is 0 Å². The van der Waals surface area contributed by atoms with Gasteiger partial charge in [0.05, 0.1) is 0 Å². The van der Waals surface area contributed by atoms with Gasteiger partial charge in [-0.25, -0.2) is 0 Å². The summed E-state index contributed by atoms with van der Waals surface area (Å²) in [7, 11) is 0. The van der Waals surface area contributed by atoms with Gasteiger partial charge in [0.25, 0.3) is 11.8 Å². The van der Waals surface area contributed by atoms with Crippen LogP contribution in [0, 0.1) is 0 Å². The van der Waals surface area contributed by atoms with E-state index >= 15 is 0 Å². The van der Waals surface area contributed by atoms with Crippen molar-refractivity contribution in [3.8, 4) is 0 Å². The summed E-state index contributed by atoms with van der Waals surface area (Å²) in [6.45, 7) is 4.56. The first-order chi connectivity index (χ1) is 7.69. The fourth-order valence-corrected chi connectivity index (χ4v) is 0.959. The Bertz CT molecular complexity index is 314. The lowest BCUT2D eigenvalue weighted by molar-refractivity contribution is -0.116. The van der Waals surface area contributed by atoms with Crippen LogP contribution in [0.2, 0.25) is 0 Å². The van der Waals surface area contributed by atoms with E-state index in [0.717, 1.165) is 0 Å². The minimum Gasteiger partial charge on any atom is -0.350 e. The van der Waals surface area contributed by atoms with E-state index in [1.165, 1.54) is 0 Å². The van der Waals surface area contributed by atoms with Gasteiger partial charge in [-0.15, -0.1) is 10.2 Å². The normalized spacial score (nSPS) is 13.9. The van der Waals surface area contributed by atoms with Gasteiger partial charge in [-0.3, -0.25) is 20.4 Å². The Labute approximate surface area is 92.5 Å². The van der Waals surface area contributed by atoms with Gasteiger partial charge < -0.3 is 10.6 Å². The van der Waals surface area contributed by atoms with Gasteiger partial charge in [-0.1, -0.05) is 0 Å². The molecule has 0 bridgehead atoms. The molecule has 1 rings (SSSR count). The quantitative estimate of drug-likeness (QED) is 0.448. The monoisotopic (exact) mass is 226 g/mol. The number of carbonyl (C=O) groups is 2. The van der Waals surface area contributed by atoms with Crippen LogP contribution in [0.25, 0.3) is 0 Å². The van der Waals surface area contributed by atoms with Crippen LogP contribution in [0.15, 0.2) is 10.2 Å². The average molecular weight is 226 g/mol. The van der Waals surface area contributed by atoms with Gasteiger partial charge in [0.1, 0.15) is 0 Å². The Morgan fingerprint density at radius 3 is 1.62 bits per heavy atom. The fourth-order valence-electron chi connectivity index (χ4n) is 0.959. The maximum atomic E-state index is 11.3. The smallest absolute Gasteiger partial charge is 0.290 e. The number of nitrogens with zero attached hydrogens (tertiary/aromatic N) is 2.